The molecular weight excluding hydrogens is 683 g/mol. The molecule has 2 fully saturated rings. The van der Waals surface area contributed by atoms with Gasteiger partial charge in [-0.3, -0.25) is 0 Å². The van der Waals surface area contributed by atoms with Crippen molar-refractivity contribution in [3.05, 3.63) is 17.4 Å². The molecule has 2 aliphatic heterocycles. The van der Waals surface area contributed by atoms with E-state index in [0.29, 0.717) is 0 Å². The van der Waals surface area contributed by atoms with Crippen LogP contribution in [0.2, 0.25) is 0 Å². The number of nitrogens with one attached hydrogen (secondary N) is 1. The summed E-state index contributed by atoms with van der Waals surface area (Å²) in [4.78, 5) is 30.9. The Kier molecular flexibility index (Phi) is 12.8. The van der Waals surface area contributed by atoms with Gasteiger partial charge in [0.15, 0.2) is 0 Å². The average molecular weight is 727 g/mol. The molecule has 4 rings (SSSR count). The van der Waals surface area contributed by atoms with Crippen LogP contribution in [0.1, 0.15) is 0 Å². The average Bonchev–Trinajstić information content (AvgIpc) is 2.89. The second-order valence-electron chi connectivity index (χ2n) is 9.74. The molecule has 2 aliphatic rings. The summed E-state index contributed by atoms with van der Waals surface area (Å²) < 4.78 is 0. The van der Waals surface area contributed by atoms with Gasteiger partial charge in [0.1, 0.15) is 23.3 Å². The molecule has 0 atom stereocenters. The van der Waals surface area contributed by atoms with Crippen molar-refractivity contribution in [1.29, 1.82) is 0 Å². The van der Waals surface area contributed by atoms with E-state index < -0.39 is 0 Å². The first kappa shape index (κ1) is 31.5. The van der Waals surface area contributed by atoms with Crippen LogP contribution in [-0.4, -0.2) is 129 Å². The minimum Gasteiger partial charge on any atom is -0.659 e. The summed E-state index contributed by atoms with van der Waals surface area (Å²) in [6.45, 7) is 7.46. The Hall–Kier alpha value is -1.68. The summed E-state index contributed by atoms with van der Waals surface area (Å²) >= 11 is 0. The normalized spacial score (nSPS) is 15.2. The van der Waals surface area contributed by atoms with Crippen LogP contribution in [0.15, 0.2) is 12.1 Å². The monoisotopic (exact) mass is 726 g/mol. The van der Waals surface area contributed by atoms with Gasteiger partial charge in [-0.1, -0.05) is 0 Å². The van der Waals surface area contributed by atoms with Gasteiger partial charge in [0, 0.05) is 152 Å². The minimum atomic E-state index is 0. The van der Waals surface area contributed by atoms with E-state index in [2.05, 4.69) is 40.4 Å². The molecule has 12 nitrogen and oxygen atoms in total. The van der Waals surface area contributed by atoms with Crippen molar-refractivity contribution in [2.75, 3.05) is 138 Å². The second kappa shape index (κ2) is 15.0. The van der Waals surface area contributed by atoms with E-state index in [-0.39, 0.29) is 44.1 Å². The Morgan fingerprint density at radius 1 is 0.595 bits per heavy atom. The van der Waals surface area contributed by atoms with Crippen molar-refractivity contribution in [2.45, 2.75) is 0 Å². The molecule has 2 aromatic heterocycles. The van der Waals surface area contributed by atoms with E-state index in [1.54, 1.807) is 0 Å². The van der Waals surface area contributed by atoms with Crippen LogP contribution in [0, 0.1) is 44.1 Å². The standard InChI is InChI=1S/C12H22N6.C12H21N6.Ac/c2*1-16(2)10-9-11(17(3)4)15-12(14-10)18-7-5-13-6-8-18;/h9,13H,5-8H2,1-4H3;9H,5-8H2,1-4H3;/q;-1;. The van der Waals surface area contributed by atoms with Crippen molar-refractivity contribution in [3.8, 4) is 0 Å². The van der Waals surface area contributed by atoms with Gasteiger partial charge in [0.25, 0.3) is 0 Å². The molecule has 2 aromatic rings. The van der Waals surface area contributed by atoms with E-state index >= 15 is 0 Å². The Morgan fingerprint density at radius 3 is 1.24 bits per heavy atom. The SMILES string of the molecule is CN(C)c1cc(N(C)C)nc(N2CCNCC2)n1.CN(C)c1cc(N(C)C)nc(N2CC[N-]CC2)n1.[Ac]. The van der Waals surface area contributed by atoms with Crippen LogP contribution >= 0.6 is 0 Å². The third kappa shape index (κ3) is 9.23. The first-order chi connectivity index (χ1) is 17.2. The summed E-state index contributed by atoms with van der Waals surface area (Å²) in [7, 11) is 16.0. The Balaban J connectivity index is 0.000000253. The molecule has 4 heterocycles. The fourth-order valence-corrected chi connectivity index (χ4v) is 3.69. The number of hydrogen-bond donors (Lipinski definition) is 1. The van der Waals surface area contributed by atoms with Crippen molar-refractivity contribution in [2.24, 2.45) is 0 Å². The number of aromatic nitrogens is 4. The molecule has 1 N–H and O–H groups in total. The quantitative estimate of drug-likeness (QED) is 0.459. The third-order valence-electron chi connectivity index (χ3n) is 5.95. The van der Waals surface area contributed by atoms with Gasteiger partial charge in [-0.2, -0.15) is 19.9 Å². The van der Waals surface area contributed by atoms with E-state index in [4.69, 9.17) is 0 Å². The zero-order chi connectivity index (χ0) is 26.2. The summed E-state index contributed by atoms with van der Waals surface area (Å²) in [5, 5.41) is 7.69. The smallest absolute Gasteiger partial charge is 0.229 e. The van der Waals surface area contributed by atoms with Gasteiger partial charge in [0.05, 0.1) is 0 Å². The molecule has 37 heavy (non-hydrogen) atoms. The van der Waals surface area contributed by atoms with Gasteiger partial charge in [-0.25, -0.2) is 0 Å². The van der Waals surface area contributed by atoms with Crippen LogP contribution in [0.4, 0.5) is 35.2 Å². The molecule has 0 unspecified atom stereocenters. The largest absolute Gasteiger partial charge is 0.659 e. The molecule has 1 radical (unpaired) electrons. The van der Waals surface area contributed by atoms with Crippen LogP contribution in [0.5, 0.6) is 0 Å². The predicted octanol–water partition coefficient (Wildman–Crippen LogP) is 0.821. The molecule has 13 heteroatoms. The number of piperazine rings is 2. The van der Waals surface area contributed by atoms with Gasteiger partial charge in [-0.15, -0.1) is 13.1 Å². The molecule has 2 saturated heterocycles. The molecule has 0 bridgehead atoms. The van der Waals surface area contributed by atoms with Crippen molar-refractivity contribution in [3.63, 3.8) is 0 Å². The van der Waals surface area contributed by atoms with E-state index in [0.717, 1.165) is 87.5 Å². The molecule has 0 spiro atoms. The maximum absolute atomic E-state index is 4.63. The van der Waals surface area contributed by atoms with Gasteiger partial charge < -0.3 is 40.0 Å². The Morgan fingerprint density at radius 2 is 0.919 bits per heavy atom. The number of rotatable bonds is 6. The number of anilines is 6. The first-order valence-electron chi connectivity index (χ1n) is 12.5. The van der Waals surface area contributed by atoms with E-state index in [9.17, 15) is 0 Å². The zero-order valence-electron chi connectivity index (χ0n) is 23.8. The van der Waals surface area contributed by atoms with E-state index in [1.165, 1.54) is 0 Å². The minimum absolute atomic E-state index is 0. The molecule has 0 aromatic carbocycles. The van der Waals surface area contributed by atoms with Crippen molar-refractivity contribution < 1.29 is 44.1 Å². The van der Waals surface area contributed by atoms with Crippen LogP contribution in [0.25, 0.3) is 5.32 Å². The molecule has 0 aliphatic carbocycles. The first-order valence-corrected chi connectivity index (χ1v) is 12.5. The Bertz CT molecular complexity index is 827. The van der Waals surface area contributed by atoms with Gasteiger partial charge in [-0.05, 0) is 0 Å². The topological polar surface area (TPSA) is 97.1 Å². The van der Waals surface area contributed by atoms with Crippen LogP contribution in [0.3, 0.4) is 0 Å². The van der Waals surface area contributed by atoms with Crippen molar-refractivity contribution >= 4 is 35.2 Å². The van der Waals surface area contributed by atoms with Crippen molar-refractivity contribution in [1.82, 2.24) is 25.3 Å². The summed E-state index contributed by atoms with van der Waals surface area (Å²) in [5.41, 5.74) is 0. The maximum atomic E-state index is 4.63. The predicted molar refractivity (Wildman–Crippen MR) is 152 cm³/mol. The molecule has 203 valence electrons. The fraction of sp³-hybridized carbons (Fsp3) is 0.667. The van der Waals surface area contributed by atoms with Crippen LogP contribution < -0.4 is 34.7 Å². The molecule has 0 saturated carbocycles. The van der Waals surface area contributed by atoms with Crippen LogP contribution in [-0.2, 0) is 0 Å². The summed E-state index contributed by atoms with van der Waals surface area (Å²) in [6.07, 6.45) is 0. The van der Waals surface area contributed by atoms with E-state index in [1.807, 2.05) is 88.1 Å². The number of nitrogens with zero attached hydrogens (tertiary/aromatic N) is 11. The summed E-state index contributed by atoms with van der Waals surface area (Å²) in [6, 6.07) is 4.00. The zero-order valence-corrected chi connectivity index (χ0v) is 28.6. The third-order valence-corrected chi connectivity index (χ3v) is 5.95. The molecular formula is C24H43AcN12-. The molecule has 0 amide bonds. The second-order valence-corrected chi connectivity index (χ2v) is 9.74. The number of hydrogen-bond acceptors (Lipinski definition) is 11. The fourth-order valence-electron chi connectivity index (χ4n) is 3.69. The Labute approximate surface area is 258 Å². The maximum Gasteiger partial charge on any atom is 0.229 e. The van der Waals surface area contributed by atoms with Gasteiger partial charge >= 0.3 is 0 Å². The van der Waals surface area contributed by atoms with Gasteiger partial charge in [0.2, 0.25) is 11.9 Å². The summed E-state index contributed by atoms with van der Waals surface area (Å²) in [5.74, 6) is 5.40.